The van der Waals surface area contributed by atoms with Crippen molar-refractivity contribution < 1.29 is 0 Å². The van der Waals surface area contributed by atoms with Crippen LogP contribution in [-0.2, 0) is 7.05 Å². The minimum atomic E-state index is 0.352. The largest absolute Gasteiger partial charge is 0.397 e. The highest BCUT2D eigenvalue weighted by molar-refractivity contribution is 9.11. The number of aromatic nitrogens is 3. The fraction of sp³-hybridized carbons (Fsp3) is 0.111. The summed E-state index contributed by atoms with van der Waals surface area (Å²) < 4.78 is 3.20. The molecular weight excluding hydrogens is 338 g/mol. The topological polar surface area (TPSA) is 82.8 Å². The van der Waals surface area contributed by atoms with E-state index in [2.05, 4.69) is 41.9 Å². The van der Waals surface area contributed by atoms with Gasteiger partial charge in [0.2, 0.25) is 5.95 Å². The molecule has 0 spiro atoms. The Morgan fingerprint density at radius 2 is 1.94 bits per heavy atom. The number of nitrogens with zero attached hydrogens (tertiary/aromatic N) is 3. The van der Waals surface area contributed by atoms with E-state index in [0.717, 1.165) is 14.5 Å². The third-order valence-electron chi connectivity index (χ3n) is 2.13. The van der Waals surface area contributed by atoms with Gasteiger partial charge in [-0.2, -0.15) is 4.98 Å². The highest BCUT2D eigenvalue weighted by Crippen LogP contribution is 2.33. The van der Waals surface area contributed by atoms with Crippen LogP contribution in [0, 0.1) is 0 Å². The van der Waals surface area contributed by atoms with E-state index in [4.69, 9.17) is 11.5 Å². The number of anilines is 2. The molecule has 5 nitrogen and oxygen atoms in total. The number of nitrogen functional groups attached to an aromatic ring is 2. The number of halogens is 2. The third kappa shape index (κ3) is 1.92. The summed E-state index contributed by atoms with van der Waals surface area (Å²) in [6.45, 7) is 0. The predicted octanol–water partition coefficient (Wildman–Crippen LogP) is 2.17. The maximum Gasteiger partial charge on any atom is 0.218 e. The van der Waals surface area contributed by atoms with E-state index in [1.54, 1.807) is 7.05 Å². The number of hydrogen-bond acceptors (Lipinski definition) is 4. The van der Waals surface area contributed by atoms with Gasteiger partial charge in [0.15, 0.2) is 5.82 Å². The van der Waals surface area contributed by atoms with Crippen LogP contribution < -0.4 is 11.5 Å². The first-order chi connectivity index (χ1) is 7.49. The van der Waals surface area contributed by atoms with E-state index in [1.165, 1.54) is 4.68 Å². The van der Waals surface area contributed by atoms with Crippen molar-refractivity contribution in [2.75, 3.05) is 11.5 Å². The molecule has 1 heterocycles. The molecule has 7 heteroatoms. The second-order valence-electron chi connectivity index (χ2n) is 3.27. The molecule has 16 heavy (non-hydrogen) atoms. The molecule has 0 aliphatic rings. The molecule has 0 aliphatic heterocycles. The van der Waals surface area contributed by atoms with Crippen LogP contribution >= 0.6 is 31.9 Å². The van der Waals surface area contributed by atoms with Gasteiger partial charge in [-0.05, 0) is 28.1 Å². The summed E-state index contributed by atoms with van der Waals surface area (Å²) in [5.74, 6) is 0.866. The summed E-state index contributed by atoms with van der Waals surface area (Å²) in [4.78, 5) is 4.13. The van der Waals surface area contributed by atoms with Gasteiger partial charge in [0.25, 0.3) is 0 Å². The van der Waals surface area contributed by atoms with Crippen molar-refractivity contribution in [3.63, 3.8) is 0 Å². The molecule has 0 atom stereocenters. The summed E-state index contributed by atoms with van der Waals surface area (Å²) >= 11 is 6.76. The van der Waals surface area contributed by atoms with Crippen LogP contribution in [0.25, 0.3) is 11.4 Å². The summed E-state index contributed by atoms with van der Waals surface area (Å²) in [5.41, 5.74) is 12.9. The van der Waals surface area contributed by atoms with Crippen LogP contribution in [0.2, 0.25) is 0 Å². The third-order valence-corrected chi connectivity index (χ3v) is 3.25. The Hall–Kier alpha value is -1.08. The van der Waals surface area contributed by atoms with Crippen molar-refractivity contribution in [1.82, 2.24) is 14.8 Å². The van der Waals surface area contributed by atoms with Crippen LogP contribution in [0.5, 0.6) is 0 Å². The SMILES string of the molecule is Cn1nc(-c2cc(Br)cc(Br)c2N)nc1N. The van der Waals surface area contributed by atoms with Gasteiger partial charge in [-0.25, -0.2) is 4.68 Å². The molecule has 0 bridgehead atoms. The second kappa shape index (κ2) is 4.06. The molecular formula is C9H9Br2N5. The zero-order valence-electron chi connectivity index (χ0n) is 8.41. The van der Waals surface area contributed by atoms with Crippen LogP contribution in [0.15, 0.2) is 21.1 Å². The van der Waals surface area contributed by atoms with Gasteiger partial charge in [-0.1, -0.05) is 15.9 Å². The van der Waals surface area contributed by atoms with E-state index < -0.39 is 0 Å². The van der Waals surface area contributed by atoms with Crippen LogP contribution in [0.4, 0.5) is 11.6 Å². The molecule has 0 saturated carbocycles. The Labute approximate surface area is 109 Å². The molecule has 1 aromatic heterocycles. The van der Waals surface area contributed by atoms with E-state index in [0.29, 0.717) is 17.5 Å². The Kier molecular flexibility index (Phi) is 2.90. The van der Waals surface area contributed by atoms with Gasteiger partial charge in [-0.15, -0.1) is 5.10 Å². The van der Waals surface area contributed by atoms with Crippen LogP contribution in [0.1, 0.15) is 0 Å². The van der Waals surface area contributed by atoms with Gasteiger partial charge in [-0.3, -0.25) is 0 Å². The molecule has 0 radical (unpaired) electrons. The molecule has 2 aromatic rings. The lowest BCUT2D eigenvalue weighted by Crippen LogP contribution is -1.97. The quantitative estimate of drug-likeness (QED) is 0.775. The second-order valence-corrected chi connectivity index (χ2v) is 5.04. The van der Waals surface area contributed by atoms with Gasteiger partial charge >= 0.3 is 0 Å². The molecule has 0 fully saturated rings. The average molecular weight is 347 g/mol. The van der Waals surface area contributed by atoms with E-state index in [9.17, 15) is 0 Å². The Bertz CT molecular complexity index is 530. The standard InChI is InChI=1S/C9H9Br2N5/c1-16-9(13)14-8(15-16)5-2-4(10)3-6(11)7(5)12/h2-3H,12H2,1H3,(H2,13,14,15). The Morgan fingerprint density at radius 1 is 1.25 bits per heavy atom. The smallest absolute Gasteiger partial charge is 0.218 e. The highest BCUT2D eigenvalue weighted by atomic mass is 79.9. The molecule has 2 rings (SSSR count). The molecule has 0 aliphatic carbocycles. The fourth-order valence-electron chi connectivity index (χ4n) is 1.28. The first-order valence-electron chi connectivity index (χ1n) is 4.40. The number of aryl methyl sites for hydroxylation is 1. The van der Waals surface area contributed by atoms with E-state index in [1.807, 2.05) is 12.1 Å². The summed E-state index contributed by atoms with van der Waals surface area (Å²) in [5, 5.41) is 4.18. The molecule has 4 N–H and O–H groups in total. The molecule has 0 unspecified atom stereocenters. The zero-order valence-corrected chi connectivity index (χ0v) is 11.6. The van der Waals surface area contributed by atoms with Gasteiger partial charge in [0.05, 0.1) is 5.69 Å². The number of hydrogen-bond donors (Lipinski definition) is 2. The van der Waals surface area contributed by atoms with Crippen molar-refractivity contribution in [3.05, 3.63) is 21.1 Å². The van der Waals surface area contributed by atoms with Gasteiger partial charge in [0.1, 0.15) is 0 Å². The lowest BCUT2D eigenvalue weighted by Gasteiger charge is -2.04. The summed E-state index contributed by atoms with van der Waals surface area (Å²) in [7, 11) is 1.73. The minimum absolute atomic E-state index is 0.352. The molecule has 0 amide bonds. The molecule has 1 aromatic carbocycles. The Morgan fingerprint density at radius 3 is 2.50 bits per heavy atom. The monoisotopic (exact) mass is 345 g/mol. The number of benzene rings is 1. The normalized spacial score (nSPS) is 10.7. The predicted molar refractivity (Wildman–Crippen MR) is 70.7 cm³/mol. The van der Waals surface area contributed by atoms with Crippen molar-refractivity contribution >= 4 is 43.5 Å². The minimum Gasteiger partial charge on any atom is -0.397 e. The maximum absolute atomic E-state index is 5.95. The Balaban J connectivity index is 2.63. The summed E-state index contributed by atoms with van der Waals surface area (Å²) in [6, 6.07) is 3.72. The van der Waals surface area contributed by atoms with Gasteiger partial charge in [0, 0.05) is 21.6 Å². The zero-order chi connectivity index (χ0) is 11.9. The van der Waals surface area contributed by atoms with E-state index >= 15 is 0 Å². The van der Waals surface area contributed by atoms with Crippen LogP contribution in [-0.4, -0.2) is 14.8 Å². The first-order valence-corrected chi connectivity index (χ1v) is 5.99. The average Bonchev–Trinajstić information content (AvgIpc) is 2.53. The van der Waals surface area contributed by atoms with Crippen molar-refractivity contribution in [3.8, 4) is 11.4 Å². The van der Waals surface area contributed by atoms with Crippen molar-refractivity contribution in [2.24, 2.45) is 7.05 Å². The van der Waals surface area contributed by atoms with E-state index in [-0.39, 0.29) is 0 Å². The lowest BCUT2D eigenvalue weighted by atomic mass is 10.2. The highest BCUT2D eigenvalue weighted by Gasteiger charge is 2.13. The van der Waals surface area contributed by atoms with Gasteiger partial charge < -0.3 is 11.5 Å². The fourth-order valence-corrected chi connectivity index (χ4v) is 2.51. The lowest BCUT2D eigenvalue weighted by molar-refractivity contribution is 0.781. The molecule has 84 valence electrons. The first kappa shape index (κ1) is 11.4. The number of rotatable bonds is 1. The molecule has 0 saturated heterocycles. The van der Waals surface area contributed by atoms with Crippen molar-refractivity contribution in [2.45, 2.75) is 0 Å². The van der Waals surface area contributed by atoms with Crippen LogP contribution in [0.3, 0.4) is 0 Å². The maximum atomic E-state index is 5.95. The number of nitrogens with two attached hydrogens (primary N) is 2. The van der Waals surface area contributed by atoms with Crippen molar-refractivity contribution in [1.29, 1.82) is 0 Å². The summed E-state index contributed by atoms with van der Waals surface area (Å²) in [6.07, 6.45) is 0.